The zero-order valence-electron chi connectivity index (χ0n) is 19.3. The highest BCUT2D eigenvalue weighted by Crippen LogP contribution is 2.32. The van der Waals surface area contributed by atoms with E-state index >= 15 is 0 Å². The van der Waals surface area contributed by atoms with Gasteiger partial charge in [-0.15, -0.1) is 0 Å². The highest BCUT2D eigenvalue weighted by molar-refractivity contribution is 14.1. The number of halogens is 1. The molecule has 0 spiro atoms. The number of allylic oxidation sites excluding steroid dienone is 1. The Morgan fingerprint density at radius 3 is 2.58 bits per heavy atom. The highest BCUT2D eigenvalue weighted by Gasteiger charge is 2.20. The van der Waals surface area contributed by atoms with E-state index in [1.807, 2.05) is 6.07 Å². The molecule has 184 valence electrons. The molecule has 3 aromatic carbocycles. The van der Waals surface area contributed by atoms with Gasteiger partial charge >= 0.3 is 6.09 Å². The molecule has 0 aliphatic carbocycles. The summed E-state index contributed by atoms with van der Waals surface area (Å²) >= 11 is 2.13. The molecule has 36 heavy (non-hydrogen) atoms. The van der Waals surface area contributed by atoms with Crippen LogP contribution in [0.2, 0.25) is 0 Å². The quantitative estimate of drug-likeness (QED) is 0.102. The van der Waals surface area contributed by atoms with Crippen LogP contribution in [0, 0.1) is 14.9 Å². The van der Waals surface area contributed by atoms with Gasteiger partial charge in [-0.25, -0.2) is 4.79 Å². The molecular formula is C27H25IN4O4. The van der Waals surface area contributed by atoms with Crippen LogP contribution in [0.5, 0.6) is 5.75 Å². The Bertz CT molecular complexity index is 1290. The predicted molar refractivity (Wildman–Crippen MR) is 147 cm³/mol. The van der Waals surface area contributed by atoms with Crippen LogP contribution in [0.15, 0.2) is 78.9 Å². The number of nitrogen functional groups attached to an aromatic ring is 1. The molecule has 0 aromatic heterocycles. The maximum absolute atomic E-state index is 12.6. The van der Waals surface area contributed by atoms with Gasteiger partial charge in [0.25, 0.3) is 0 Å². The number of carbonyl (C=O) groups is 2. The first-order valence-corrected chi connectivity index (χ1v) is 12.2. The van der Waals surface area contributed by atoms with Crippen LogP contribution >= 0.6 is 22.6 Å². The minimum atomic E-state index is -0.704. The van der Waals surface area contributed by atoms with E-state index in [1.54, 1.807) is 72.8 Å². The average Bonchev–Trinajstić information content (AvgIpc) is 2.86. The van der Waals surface area contributed by atoms with Crippen molar-refractivity contribution in [2.75, 3.05) is 16.4 Å². The summed E-state index contributed by atoms with van der Waals surface area (Å²) in [6, 6.07) is 20.5. The van der Waals surface area contributed by atoms with Crippen molar-refractivity contribution in [2.24, 2.45) is 0 Å². The Morgan fingerprint density at radius 2 is 1.86 bits per heavy atom. The lowest BCUT2D eigenvalue weighted by molar-refractivity contribution is -0.111. The number of nitriles is 1. The fourth-order valence-electron chi connectivity index (χ4n) is 3.36. The number of amides is 2. The van der Waals surface area contributed by atoms with E-state index < -0.39 is 12.2 Å². The minimum Gasteiger partial charge on any atom is -0.508 e. The molecule has 9 heteroatoms. The van der Waals surface area contributed by atoms with E-state index in [1.165, 1.54) is 6.08 Å². The molecule has 1 atom stereocenters. The van der Waals surface area contributed by atoms with Gasteiger partial charge in [0.15, 0.2) is 0 Å². The second-order valence-corrected chi connectivity index (χ2v) is 9.07. The number of unbranched alkanes of at least 4 members (excludes halogenated alkanes) is 1. The number of para-hydroxylation sites is 2. The molecule has 0 heterocycles. The summed E-state index contributed by atoms with van der Waals surface area (Å²) in [6.07, 6.45) is 3.35. The Labute approximate surface area is 222 Å². The minimum absolute atomic E-state index is 0.0296. The summed E-state index contributed by atoms with van der Waals surface area (Å²) in [7, 11) is 0. The van der Waals surface area contributed by atoms with Crippen molar-refractivity contribution in [3.05, 3.63) is 93.6 Å². The molecule has 5 N–H and O–H groups in total. The topological polar surface area (TPSA) is 137 Å². The number of anilines is 3. The number of aromatic hydroxyl groups is 1. The third kappa shape index (κ3) is 8.02. The Kier molecular flexibility index (Phi) is 9.71. The number of carbonyl (C=O) groups excluding carboxylic acids is 2. The zero-order valence-corrected chi connectivity index (χ0v) is 21.4. The lowest BCUT2D eigenvalue weighted by atomic mass is 10.0. The first-order chi connectivity index (χ1) is 17.4. The van der Waals surface area contributed by atoms with Crippen LogP contribution in [0.3, 0.4) is 0 Å². The molecule has 0 saturated carbocycles. The van der Waals surface area contributed by atoms with Crippen LogP contribution in [0.1, 0.15) is 36.5 Å². The van der Waals surface area contributed by atoms with Crippen LogP contribution < -0.4 is 16.4 Å². The molecule has 0 bridgehead atoms. The number of hydrogen-bond acceptors (Lipinski definition) is 6. The maximum Gasteiger partial charge on any atom is 0.412 e. The molecule has 0 radical (unpaired) electrons. The highest BCUT2D eigenvalue weighted by atomic mass is 127. The van der Waals surface area contributed by atoms with E-state index in [9.17, 15) is 14.7 Å². The van der Waals surface area contributed by atoms with Crippen molar-refractivity contribution in [3.8, 4) is 11.8 Å². The number of nitrogens with two attached hydrogens (primary N) is 1. The van der Waals surface area contributed by atoms with E-state index in [-0.39, 0.29) is 11.7 Å². The van der Waals surface area contributed by atoms with Gasteiger partial charge in [-0.05, 0) is 103 Å². The second kappa shape index (κ2) is 13.2. The number of hydrogen-bond donors (Lipinski definition) is 4. The van der Waals surface area contributed by atoms with Crippen molar-refractivity contribution < 1.29 is 19.4 Å². The monoisotopic (exact) mass is 596 g/mol. The summed E-state index contributed by atoms with van der Waals surface area (Å²) < 4.78 is 6.54. The zero-order chi connectivity index (χ0) is 25.9. The van der Waals surface area contributed by atoms with Crippen molar-refractivity contribution >= 4 is 51.7 Å². The van der Waals surface area contributed by atoms with Crippen molar-refractivity contribution in [2.45, 2.75) is 25.4 Å². The summed E-state index contributed by atoms with van der Waals surface area (Å²) in [5.41, 5.74) is 8.32. The second-order valence-electron chi connectivity index (χ2n) is 7.82. The van der Waals surface area contributed by atoms with Crippen molar-refractivity contribution in [1.82, 2.24) is 0 Å². The van der Waals surface area contributed by atoms with Crippen molar-refractivity contribution in [3.63, 3.8) is 0 Å². The fourth-order valence-corrected chi connectivity index (χ4v) is 3.88. The smallest absolute Gasteiger partial charge is 0.412 e. The third-order valence-electron chi connectivity index (χ3n) is 5.17. The van der Waals surface area contributed by atoms with Gasteiger partial charge in [0.05, 0.1) is 23.0 Å². The van der Waals surface area contributed by atoms with Gasteiger partial charge in [-0.3, -0.25) is 10.1 Å². The maximum atomic E-state index is 12.6. The Hall–Kier alpha value is -4.04. The number of benzene rings is 3. The van der Waals surface area contributed by atoms with E-state index in [4.69, 9.17) is 15.7 Å². The van der Waals surface area contributed by atoms with E-state index in [0.717, 1.165) is 3.57 Å². The first kappa shape index (κ1) is 26.6. The molecule has 3 rings (SSSR count). The number of phenols is 1. The SMILES string of the molecule is N#Cc1ccc(NC(=O)O[C@@H](CCC/C=C/C(=O)Nc2ccccc2N)c2cc(I)ccc2O)cc1. The van der Waals surface area contributed by atoms with Crippen LogP contribution in [-0.2, 0) is 9.53 Å². The van der Waals surface area contributed by atoms with Crippen LogP contribution in [0.4, 0.5) is 21.9 Å². The lowest BCUT2D eigenvalue weighted by Crippen LogP contribution is -2.18. The number of rotatable bonds is 9. The Balaban J connectivity index is 1.60. The van der Waals surface area contributed by atoms with E-state index in [0.29, 0.717) is 47.5 Å². The summed E-state index contributed by atoms with van der Waals surface area (Å²) in [4.78, 5) is 24.7. The predicted octanol–water partition coefficient (Wildman–Crippen LogP) is 6.11. The number of ether oxygens (including phenoxy) is 1. The molecule has 0 unspecified atom stereocenters. The van der Waals surface area contributed by atoms with Crippen LogP contribution in [-0.4, -0.2) is 17.1 Å². The molecular weight excluding hydrogens is 571 g/mol. The molecule has 0 aliphatic heterocycles. The summed E-state index contributed by atoms with van der Waals surface area (Å²) in [5.74, 6) is -0.264. The van der Waals surface area contributed by atoms with Gasteiger partial charge in [-0.2, -0.15) is 5.26 Å². The molecule has 0 fully saturated rings. The van der Waals surface area contributed by atoms with Gasteiger partial charge in [0.2, 0.25) is 5.91 Å². The number of nitrogens with one attached hydrogen (secondary N) is 2. The van der Waals surface area contributed by atoms with Gasteiger partial charge in [0.1, 0.15) is 11.9 Å². The fraction of sp³-hybridized carbons (Fsp3) is 0.148. The Morgan fingerprint density at radius 1 is 1.11 bits per heavy atom. The largest absolute Gasteiger partial charge is 0.508 e. The van der Waals surface area contributed by atoms with E-state index in [2.05, 4.69) is 33.2 Å². The normalized spacial score (nSPS) is 11.4. The molecule has 8 nitrogen and oxygen atoms in total. The third-order valence-corrected chi connectivity index (χ3v) is 5.84. The van der Waals surface area contributed by atoms with Crippen LogP contribution in [0.25, 0.3) is 0 Å². The molecule has 0 saturated heterocycles. The first-order valence-electron chi connectivity index (χ1n) is 11.1. The number of phenolic OH excluding ortho intramolecular Hbond substituents is 1. The lowest BCUT2D eigenvalue weighted by Gasteiger charge is -2.20. The summed E-state index contributed by atoms with van der Waals surface area (Å²) in [6.45, 7) is 0. The molecule has 3 aromatic rings. The molecule has 0 aliphatic rings. The van der Waals surface area contributed by atoms with Crippen molar-refractivity contribution in [1.29, 1.82) is 5.26 Å². The standard InChI is InChI=1S/C27H25IN4O4/c28-19-12-15-24(33)21(16-19)25(36-27(35)31-20-13-10-18(17-29)11-14-20)8-2-1-3-9-26(34)32-23-7-5-4-6-22(23)30/h3-7,9-16,25,33H,1-2,8,30H2,(H,31,35)(H,32,34)/b9-3+/t25-/m0/s1. The number of nitrogens with zero attached hydrogens (tertiary/aromatic N) is 1. The summed E-state index contributed by atoms with van der Waals surface area (Å²) in [5, 5.41) is 24.7. The van der Waals surface area contributed by atoms with Gasteiger partial charge in [0, 0.05) is 14.8 Å². The van der Waals surface area contributed by atoms with Gasteiger partial charge in [-0.1, -0.05) is 18.2 Å². The average molecular weight is 596 g/mol. The van der Waals surface area contributed by atoms with Gasteiger partial charge < -0.3 is 20.9 Å². The molecule has 2 amide bonds.